The molecule has 0 rings (SSSR count). The Morgan fingerprint density at radius 2 is 1.92 bits per heavy atom. The summed E-state index contributed by atoms with van der Waals surface area (Å²) in [6.45, 7) is 5.23. The van der Waals surface area contributed by atoms with Crippen molar-refractivity contribution in [3.63, 3.8) is 0 Å². The molecule has 3 atom stereocenters. The van der Waals surface area contributed by atoms with Crippen molar-refractivity contribution in [1.29, 1.82) is 0 Å². The molecule has 0 heterocycles. The Labute approximate surface area is 74.3 Å². The number of hydrogen-bond donors (Lipinski definition) is 2. The van der Waals surface area contributed by atoms with Gasteiger partial charge in [0, 0.05) is 6.04 Å². The Bertz CT molecular complexity index is 134. The fraction of sp³-hybridized carbons (Fsp3) is 0.778. The van der Waals surface area contributed by atoms with E-state index in [4.69, 9.17) is 5.11 Å². The molecule has 0 fully saturated rings. The van der Waals surface area contributed by atoms with E-state index in [1.807, 2.05) is 19.0 Å². The average Bonchev–Trinajstić information content (AvgIpc) is 1.98. The third kappa shape index (κ3) is 3.85. The maximum Gasteiger partial charge on any atom is 0.0874 e. The van der Waals surface area contributed by atoms with E-state index in [1.54, 1.807) is 6.92 Å². The molecule has 12 heavy (non-hydrogen) atoms. The summed E-state index contributed by atoms with van der Waals surface area (Å²) in [5.74, 6) is 0. The largest absolute Gasteiger partial charge is 0.393 e. The molecular weight excluding hydrogens is 154 g/mol. The Hall–Kier alpha value is -0.380. The highest BCUT2D eigenvalue weighted by molar-refractivity contribution is 4.89. The fourth-order valence-electron chi connectivity index (χ4n) is 1.16. The topological polar surface area (TPSA) is 43.7 Å². The van der Waals surface area contributed by atoms with Gasteiger partial charge in [-0.3, -0.25) is 0 Å². The van der Waals surface area contributed by atoms with Crippen molar-refractivity contribution < 1.29 is 10.2 Å². The average molecular weight is 173 g/mol. The maximum atomic E-state index is 9.47. The van der Waals surface area contributed by atoms with E-state index in [0.717, 1.165) is 0 Å². The minimum Gasteiger partial charge on any atom is -0.393 e. The van der Waals surface area contributed by atoms with Crippen LogP contribution >= 0.6 is 0 Å². The zero-order valence-corrected chi connectivity index (χ0v) is 8.07. The molecule has 0 unspecified atom stereocenters. The molecule has 0 aliphatic heterocycles. The molecule has 0 aliphatic rings. The van der Waals surface area contributed by atoms with Crippen LogP contribution in [0.25, 0.3) is 0 Å². The number of aliphatic hydroxyl groups excluding tert-OH is 2. The van der Waals surface area contributed by atoms with E-state index in [2.05, 4.69) is 6.58 Å². The molecule has 0 saturated carbocycles. The predicted molar refractivity (Wildman–Crippen MR) is 50.0 cm³/mol. The molecule has 0 aromatic carbocycles. The van der Waals surface area contributed by atoms with Crippen LogP contribution in [-0.2, 0) is 0 Å². The second-order valence-corrected chi connectivity index (χ2v) is 3.34. The van der Waals surface area contributed by atoms with Crippen LogP contribution in [0.2, 0.25) is 0 Å². The van der Waals surface area contributed by atoms with Crippen molar-refractivity contribution in [2.45, 2.75) is 31.6 Å². The zero-order chi connectivity index (χ0) is 9.72. The van der Waals surface area contributed by atoms with Gasteiger partial charge in [0.15, 0.2) is 0 Å². The summed E-state index contributed by atoms with van der Waals surface area (Å²) in [7, 11) is 3.75. The lowest BCUT2D eigenvalue weighted by Crippen LogP contribution is -2.40. The molecule has 0 saturated heterocycles. The van der Waals surface area contributed by atoms with Gasteiger partial charge in [0.05, 0.1) is 12.2 Å². The Balaban J connectivity index is 4.12. The Kier molecular flexibility index (Phi) is 5.13. The number of likely N-dealkylation sites (N-methyl/N-ethyl adjacent to an activating group) is 1. The van der Waals surface area contributed by atoms with E-state index >= 15 is 0 Å². The molecule has 0 bridgehead atoms. The van der Waals surface area contributed by atoms with Gasteiger partial charge < -0.3 is 15.1 Å². The highest BCUT2D eigenvalue weighted by Gasteiger charge is 2.20. The Morgan fingerprint density at radius 3 is 2.17 bits per heavy atom. The van der Waals surface area contributed by atoms with E-state index in [-0.39, 0.29) is 6.04 Å². The van der Waals surface area contributed by atoms with Gasteiger partial charge in [-0.2, -0.15) is 0 Å². The van der Waals surface area contributed by atoms with Gasteiger partial charge >= 0.3 is 0 Å². The van der Waals surface area contributed by atoms with Gasteiger partial charge in [-0.05, 0) is 27.4 Å². The Morgan fingerprint density at radius 1 is 1.42 bits per heavy atom. The summed E-state index contributed by atoms with van der Waals surface area (Å²) in [5.41, 5.74) is 0. The van der Waals surface area contributed by atoms with Crippen molar-refractivity contribution in [3.05, 3.63) is 12.7 Å². The van der Waals surface area contributed by atoms with Crippen molar-refractivity contribution >= 4 is 0 Å². The van der Waals surface area contributed by atoms with Gasteiger partial charge in [0.2, 0.25) is 0 Å². The van der Waals surface area contributed by atoms with Gasteiger partial charge in [0.1, 0.15) is 0 Å². The summed E-state index contributed by atoms with van der Waals surface area (Å²) in [6.07, 6.45) is 1.08. The van der Waals surface area contributed by atoms with E-state index in [1.165, 1.54) is 6.08 Å². The summed E-state index contributed by atoms with van der Waals surface area (Å²) >= 11 is 0. The van der Waals surface area contributed by atoms with Gasteiger partial charge in [0.25, 0.3) is 0 Å². The molecule has 0 spiro atoms. The first-order valence-electron chi connectivity index (χ1n) is 4.14. The van der Waals surface area contributed by atoms with Crippen LogP contribution in [0.4, 0.5) is 0 Å². The second kappa shape index (κ2) is 5.30. The fourth-order valence-corrected chi connectivity index (χ4v) is 1.16. The maximum absolute atomic E-state index is 9.47. The summed E-state index contributed by atoms with van der Waals surface area (Å²) in [4.78, 5) is 1.89. The molecule has 0 amide bonds. The molecular formula is C9H19NO2. The summed E-state index contributed by atoms with van der Waals surface area (Å²) < 4.78 is 0. The lowest BCUT2D eigenvalue weighted by molar-refractivity contribution is 0.0672. The first-order valence-corrected chi connectivity index (χ1v) is 4.14. The molecule has 0 radical (unpaired) electrons. The second-order valence-electron chi connectivity index (χ2n) is 3.34. The number of rotatable bonds is 5. The number of aliphatic hydroxyl groups is 2. The monoisotopic (exact) mass is 173 g/mol. The zero-order valence-electron chi connectivity index (χ0n) is 8.07. The highest BCUT2D eigenvalue weighted by atomic mass is 16.3. The molecule has 2 N–H and O–H groups in total. The van der Waals surface area contributed by atoms with Crippen molar-refractivity contribution in [1.82, 2.24) is 4.90 Å². The lowest BCUT2D eigenvalue weighted by atomic mass is 10.0. The van der Waals surface area contributed by atoms with Crippen LogP contribution in [-0.4, -0.2) is 47.5 Å². The van der Waals surface area contributed by atoms with Gasteiger partial charge in [-0.15, -0.1) is 6.58 Å². The smallest absolute Gasteiger partial charge is 0.0874 e. The molecule has 0 aromatic heterocycles. The quantitative estimate of drug-likeness (QED) is 0.585. The van der Waals surface area contributed by atoms with Gasteiger partial charge in [-0.1, -0.05) is 6.08 Å². The van der Waals surface area contributed by atoms with Crippen LogP contribution in [0.1, 0.15) is 13.3 Å². The van der Waals surface area contributed by atoms with Crippen LogP contribution in [0.5, 0.6) is 0 Å². The van der Waals surface area contributed by atoms with Crippen molar-refractivity contribution in [3.8, 4) is 0 Å². The summed E-state index contributed by atoms with van der Waals surface area (Å²) in [5, 5.41) is 18.6. The van der Waals surface area contributed by atoms with E-state index < -0.39 is 12.2 Å². The summed E-state index contributed by atoms with van der Waals surface area (Å²) in [6, 6.07) is -0.0532. The van der Waals surface area contributed by atoms with Crippen LogP contribution in [0.15, 0.2) is 12.7 Å². The first-order chi connectivity index (χ1) is 5.49. The van der Waals surface area contributed by atoms with Crippen molar-refractivity contribution in [2.75, 3.05) is 14.1 Å². The van der Waals surface area contributed by atoms with Crippen LogP contribution in [0.3, 0.4) is 0 Å². The molecule has 3 nitrogen and oxygen atoms in total. The standard InChI is InChI=1S/C9H19NO2/c1-5-9(12)8(10(3)4)6-7(2)11/h5,7-9,11-12H,1,6H2,2-4H3/t7-,8+,9+/m1/s1. The van der Waals surface area contributed by atoms with Crippen LogP contribution < -0.4 is 0 Å². The van der Waals surface area contributed by atoms with E-state index in [9.17, 15) is 5.11 Å². The number of hydrogen-bond acceptors (Lipinski definition) is 3. The minimum absolute atomic E-state index is 0.0532. The third-order valence-electron chi connectivity index (χ3n) is 1.88. The molecule has 3 heteroatoms. The predicted octanol–water partition coefficient (Wildman–Crippen LogP) is 0.234. The van der Waals surface area contributed by atoms with Crippen molar-refractivity contribution in [2.24, 2.45) is 0 Å². The SMILES string of the molecule is C=C[C@H](O)[C@H](C[C@@H](C)O)N(C)C. The van der Waals surface area contributed by atoms with Crippen LogP contribution in [0, 0.1) is 0 Å². The lowest BCUT2D eigenvalue weighted by Gasteiger charge is -2.28. The van der Waals surface area contributed by atoms with E-state index in [0.29, 0.717) is 6.42 Å². The van der Waals surface area contributed by atoms with Gasteiger partial charge in [-0.25, -0.2) is 0 Å². The normalized spacial score (nSPS) is 18.8. The molecule has 0 aromatic rings. The first kappa shape index (κ1) is 11.6. The molecule has 72 valence electrons. The number of nitrogens with zero attached hydrogens (tertiary/aromatic N) is 1. The molecule has 0 aliphatic carbocycles. The highest BCUT2D eigenvalue weighted by Crippen LogP contribution is 2.09. The minimum atomic E-state index is -0.574. The third-order valence-corrected chi connectivity index (χ3v) is 1.88.